The Morgan fingerprint density at radius 3 is 0.958 bits per heavy atom. The van der Waals surface area contributed by atoms with Crippen molar-refractivity contribution in [1.82, 2.24) is 23.3 Å². The summed E-state index contributed by atoms with van der Waals surface area (Å²) in [5.41, 5.74) is 20.7. The lowest BCUT2D eigenvalue weighted by molar-refractivity contribution is 1.02. The highest BCUT2D eigenvalue weighted by molar-refractivity contribution is 6.17. The van der Waals surface area contributed by atoms with Gasteiger partial charge in [-0.3, -0.25) is 4.98 Å². The molecule has 0 amide bonds. The first kappa shape index (κ1) is 41.8. The quantitative estimate of drug-likeness (QED) is 0.173. The van der Waals surface area contributed by atoms with Crippen molar-refractivity contribution in [2.75, 3.05) is 0 Å². The molecule has 14 rings (SSSR count). The Kier molecular flexibility index (Phi) is 8.94. The summed E-state index contributed by atoms with van der Waals surface area (Å²) in [5.74, 6) is 0. The molecule has 9 aromatic carbocycles. The molecule has 6 heteroatoms. The molecule has 5 heterocycles. The fraction of sp³-hybridized carbons (Fsp3) is 0.0909. The maximum Gasteiger partial charge on any atom is 0.102 e. The van der Waals surface area contributed by atoms with Crippen molar-refractivity contribution in [2.45, 2.75) is 41.5 Å². The van der Waals surface area contributed by atoms with Crippen molar-refractivity contribution in [3.8, 4) is 39.9 Å². The van der Waals surface area contributed by atoms with Crippen molar-refractivity contribution < 1.29 is 0 Å². The Labute approximate surface area is 416 Å². The average molecular weight is 925 g/mol. The van der Waals surface area contributed by atoms with E-state index in [0.29, 0.717) is 5.56 Å². The number of nitrogens with zero attached hydrogens (tertiary/aromatic N) is 6. The van der Waals surface area contributed by atoms with Gasteiger partial charge in [-0.2, -0.15) is 5.26 Å². The van der Waals surface area contributed by atoms with Crippen LogP contribution in [-0.4, -0.2) is 23.3 Å². The second-order valence-electron chi connectivity index (χ2n) is 19.9. The highest BCUT2D eigenvalue weighted by atomic mass is 15.1. The molecule has 0 aliphatic heterocycles. The van der Waals surface area contributed by atoms with E-state index in [1.807, 2.05) is 0 Å². The van der Waals surface area contributed by atoms with Crippen LogP contribution in [-0.2, 0) is 0 Å². The van der Waals surface area contributed by atoms with E-state index < -0.39 is 0 Å². The van der Waals surface area contributed by atoms with Crippen LogP contribution in [0.2, 0.25) is 0 Å². The summed E-state index contributed by atoms with van der Waals surface area (Å²) in [4.78, 5) is 4.97. The summed E-state index contributed by atoms with van der Waals surface area (Å²) in [6.07, 6.45) is 0. The molecule has 0 radical (unpaired) electrons. The number of benzene rings is 9. The third-order valence-corrected chi connectivity index (χ3v) is 15.1. The molecule has 0 spiro atoms. The van der Waals surface area contributed by atoms with Crippen LogP contribution >= 0.6 is 0 Å². The first-order valence-electron chi connectivity index (χ1n) is 24.8. The molecule has 6 nitrogen and oxygen atoms in total. The molecule has 0 N–H and O–H groups in total. The van der Waals surface area contributed by atoms with Crippen LogP contribution in [0.4, 0.5) is 0 Å². The van der Waals surface area contributed by atoms with Crippen molar-refractivity contribution in [2.24, 2.45) is 0 Å². The van der Waals surface area contributed by atoms with Gasteiger partial charge in [-0.05, 0) is 132 Å². The first-order chi connectivity index (χ1) is 35.2. The fourth-order valence-corrected chi connectivity index (χ4v) is 12.2. The van der Waals surface area contributed by atoms with Gasteiger partial charge in [0.05, 0.1) is 72.4 Å². The molecule has 72 heavy (non-hydrogen) atoms. The van der Waals surface area contributed by atoms with E-state index >= 15 is 0 Å². The number of aromatic nitrogens is 5. The SMILES string of the molecule is Cc1ccc2c(c1)c1ccccc1n2-c1c(C#N)c(-c2cc(C)nc(C)c2)c(-n2c3ccccc3c3cc(C)ccc32)c(-n2c3ccccc3c3cc(C)ccc32)c1-n1c2ccccc2c2cc(C)ccc21. The third kappa shape index (κ3) is 5.85. The van der Waals surface area contributed by atoms with Gasteiger partial charge in [0.15, 0.2) is 0 Å². The number of pyridine rings is 1. The van der Waals surface area contributed by atoms with E-state index in [1.54, 1.807) is 0 Å². The summed E-state index contributed by atoms with van der Waals surface area (Å²) in [6, 6.07) is 69.7. The predicted octanol–water partition coefficient (Wildman–Crippen LogP) is 16.9. The summed E-state index contributed by atoms with van der Waals surface area (Å²) in [6.45, 7) is 12.8. The highest BCUT2D eigenvalue weighted by Crippen LogP contribution is 2.52. The van der Waals surface area contributed by atoms with E-state index in [1.165, 1.54) is 22.3 Å². The number of hydrogen-bond donors (Lipinski definition) is 0. The Bertz CT molecular complexity index is 4690. The van der Waals surface area contributed by atoms with Crippen molar-refractivity contribution in [3.05, 3.63) is 221 Å². The normalized spacial score (nSPS) is 12.0. The summed E-state index contributed by atoms with van der Waals surface area (Å²) in [5, 5.41) is 21.8. The Balaban J connectivity index is 1.39. The zero-order valence-corrected chi connectivity index (χ0v) is 41.0. The minimum absolute atomic E-state index is 0.560. The topological polar surface area (TPSA) is 56.4 Å². The molecule has 5 aromatic heterocycles. The number of fused-ring (bicyclic) bond motifs is 12. The molecule has 0 fully saturated rings. The van der Waals surface area contributed by atoms with Gasteiger partial charge >= 0.3 is 0 Å². The maximum absolute atomic E-state index is 12.6. The average Bonchev–Trinajstić information content (AvgIpc) is 4.09. The second-order valence-corrected chi connectivity index (χ2v) is 19.9. The van der Waals surface area contributed by atoms with Gasteiger partial charge in [0.25, 0.3) is 0 Å². The largest absolute Gasteiger partial charge is 0.306 e. The molecule has 0 bridgehead atoms. The van der Waals surface area contributed by atoms with Crippen LogP contribution in [0, 0.1) is 52.9 Å². The number of hydrogen-bond acceptors (Lipinski definition) is 2. The van der Waals surface area contributed by atoms with Crippen LogP contribution in [0.15, 0.2) is 182 Å². The summed E-state index contributed by atoms with van der Waals surface area (Å²) >= 11 is 0. The van der Waals surface area contributed by atoms with Crippen molar-refractivity contribution >= 4 is 87.2 Å². The van der Waals surface area contributed by atoms with Crippen LogP contribution in [0.5, 0.6) is 0 Å². The number of para-hydroxylation sites is 4. The minimum Gasteiger partial charge on any atom is -0.306 e. The molecule has 0 aliphatic rings. The molecular formula is C66H48N6. The van der Waals surface area contributed by atoms with Crippen LogP contribution in [0.1, 0.15) is 39.2 Å². The third-order valence-electron chi connectivity index (χ3n) is 15.1. The van der Waals surface area contributed by atoms with Gasteiger partial charge in [-0.1, -0.05) is 119 Å². The fourth-order valence-electron chi connectivity index (χ4n) is 12.2. The predicted molar refractivity (Wildman–Crippen MR) is 300 cm³/mol. The molecule has 0 saturated heterocycles. The molecule has 0 aliphatic carbocycles. The van der Waals surface area contributed by atoms with Crippen LogP contribution in [0.25, 0.3) is 121 Å². The Morgan fingerprint density at radius 2 is 0.611 bits per heavy atom. The van der Waals surface area contributed by atoms with Crippen molar-refractivity contribution in [3.63, 3.8) is 0 Å². The van der Waals surface area contributed by atoms with Gasteiger partial charge in [0.2, 0.25) is 0 Å². The minimum atomic E-state index is 0.560. The smallest absolute Gasteiger partial charge is 0.102 e. The number of nitriles is 1. The zero-order chi connectivity index (χ0) is 48.7. The first-order valence-corrected chi connectivity index (χ1v) is 24.8. The molecule has 14 aromatic rings. The number of aryl methyl sites for hydroxylation is 6. The lowest BCUT2D eigenvalue weighted by Gasteiger charge is -2.29. The van der Waals surface area contributed by atoms with Gasteiger partial charge in [-0.25, -0.2) is 0 Å². The van der Waals surface area contributed by atoms with E-state index in [4.69, 9.17) is 4.98 Å². The molecule has 0 unspecified atom stereocenters. The Morgan fingerprint density at radius 1 is 0.319 bits per heavy atom. The van der Waals surface area contributed by atoms with Gasteiger partial charge in [-0.15, -0.1) is 0 Å². The summed E-state index contributed by atoms with van der Waals surface area (Å²) < 4.78 is 9.87. The van der Waals surface area contributed by atoms with Gasteiger partial charge < -0.3 is 18.3 Å². The maximum atomic E-state index is 12.6. The van der Waals surface area contributed by atoms with Crippen LogP contribution in [0.3, 0.4) is 0 Å². The number of rotatable bonds is 5. The monoisotopic (exact) mass is 924 g/mol. The van der Waals surface area contributed by atoms with Crippen molar-refractivity contribution in [1.29, 1.82) is 5.26 Å². The summed E-state index contributed by atoms with van der Waals surface area (Å²) in [7, 11) is 0. The van der Waals surface area contributed by atoms with E-state index in [0.717, 1.165) is 132 Å². The lowest BCUT2D eigenvalue weighted by atomic mass is 9.92. The molecule has 0 saturated carbocycles. The van der Waals surface area contributed by atoms with Gasteiger partial charge in [0, 0.05) is 60.0 Å². The molecule has 0 atom stereocenters. The molecular weight excluding hydrogens is 877 g/mol. The standard InChI is InChI=1S/C66H48N6/c1-38-23-27-58-49(31-38)45-15-7-11-19-54(45)69(58)63-53(37-67)62(44-35-42(5)68-43(6)36-44)64(70-55-20-12-8-16-46(55)50-32-39(2)24-28-59(50)70)66(72-57-22-14-10-18-48(57)52-34-41(4)26-30-61(52)72)65(63)71-56-21-13-9-17-47(56)51-33-40(3)25-29-60(51)71/h7-36H,1-6H3. The lowest BCUT2D eigenvalue weighted by Crippen LogP contribution is -2.17. The zero-order valence-electron chi connectivity index (χ0n) is 41.0. The highest BCUT2D eigenvalue weighted by Gasteiger charge is 2.35. The van der Waals surface area contributed by atoms with Crippen LogP contribution < -0.4 is 0 Å². The van der Waals surface area contributed by atoms with E-state index in [-0.39, 0.29) is 0 Å². The van der Waals surface area contributed by atoms with E-state index in [9.17, 15) is 5.26 Å². The van der Waals surface area contributed by atoms with E-state index in [2.05, 4.69) is 248 Å². The second kappa shape index (κ2) is 15.4. The Hall–Kier alpha value is -9.18. The van der Waals surface area contributed by atoms with Gasteiger partial charge in [0.1, 0.15) is 6.07 Å². The molecule has 342 valence electrons.